The van der Waals surface area contributed by atoms with Gasteiger partial charge in [-0.3, -0.25) is 4.79 Å². The van der Waals surface area contributed by atoms with Gasteiger partial charge in [0.1, 0.15) is 5.65 Å². The van der Waals surface area contributed by atoms with E-state index < -0.39 is 5.60 Å². The fourth-order valence-corrected chi connectivity index (χ4v) is 7.62. The molecule has 5 aliphatic rings. The van der Waals surface area contributed by atoms with E-state index in [1.165, 1.54) is 0 Å². The van der Waals surface area contributed by atoms with Crippen LogP contribution in [0.1, 0.15) is 49.1 Å². The summed E-state index contributed by atoms with van der Waals surface area (Å²) < 4.78 is 5.65. The number of pyridine rings is 1. The number of carbonyl (C=O) groups excluding carboxylic acids is 1. The molecule has 3 N–H and O–H groups in total. The molecule has 1 saturated heterocycles. The molecule has 1 aliphatic heterocycles. The highest BCUT2D eigenvalue weighted by molar-refractivity contribution is 5.97. The van der Waals surface area contributed by atoms with Gasteiger partial charge in [0.25, 0.3) is 17.6 Å². The fourth-order valence-electron chi connectivity index (χ4n) is 7.62. The number of nitrogens with one attached hydrogen (secondary N) is 2. The van der Waals surface area contributed by atoms with Gasteiger partial charge in [-0.05, 0) is 76.4 Å². The first-order valence-electron chi connectivity index (χ1n) is 13.1. The largest absolute Gasteiger partial charge is 0.390 e. The van der Waals surface area contributed by atoms with Gasteiger partial charge < -0.3 is 29.7 Å². The Morgan fingerprint density at radius 2 is 2.08 bits per heavy atom. The number of fused-ring (bicyclic) bond motifs is 1. The summed E-state index contributed by atoms with van der Waals surface area (Å²) in [5.41, 5.74) is 1.91. The predicted octanol–water partition coefficient (Wildman–Crippen LogP) is 2.74. The van der Waals surface area contributed by atoms with Crippen LogP contribution in [0.5, 0.6) is 0 Å². The topological polar surface area (TPSA) is 123 Å². The maximum Gasteiger partial charge on any atom is 0.295 e. The van der Waals surface area contributed by atoms with Crippen LogP contribution in [0.3, 0.4) is 0 Å². The van der Waals surface area contributed by atoms with Crippen molar-refractivity contribution in [3.8, 4) is 11.5 Å². The molecule has 5 fully saturated rings. The van der Waals surface area contributed by atoms with Gasteiger partial charge in [-0.15, -0.1) is 0 Å². The molecule has 3 aromatic heterocycles. The molecule has 4 bridgehead atoms. The van der Waals surface area contributed by atoms with E-state index in [0.717, 1.165) is 55.2 Å². The number of carbonyl (C=O) groups is 1. The quantitative estimate of drug-likeness (QED) is 0.498. The predicted molar refractivity (Wildman–Crippen MR) is 133 cm³/mol. The summed E-state index contributed by atoms with van der Waals surface area (Å²) in [6.45, 7) is 1.35. The van der Waals surface area contributed by atoms with Crippen LogP contribution in [-0.2, 0) is 0 Å². The van der Waals surface area contributed by atoms with Crippen molar-refractivity contribution in [3.63, 3.8) is 0 Å². The number of anilines is 1. The number of hydrogen-bond acceptors (Lipinski definition) is 8. The molecule has 0 spiro atoms. The van der Waals surface area contributed by atoms with Crippen LogP contribution in [0.15, 0.2) is 23.0 Å². The van der Waals surface area contributed by atoms with Crippen molar-refractivity contribution < 1.29 is 14.4 Å². The molecular formula is C26H33N7O3. The lowest BCUT2D eigenvalue weighted by Gasteiger charge is -2.58. The standard InChI is InChI=1S/C26H33N7O3/c1-32(2)17-4-6-33(13-17)25(34)23-30-24(36-31-23)19-12-28-22-18(3-5-27-22)21(19)29-20-15-7-14-8-16(20)11-26(35,9-14)10-15/h3,5,12,14-17,20,35H,4,6-11,13H2,1-2H3,(H2,27,28,29)/t14?,15-,16+,17-,20+,26-/m0/s1. The van der Waals surface area contributed by atoms with Gasteiger partial charge in [0.15, 0.2) is 0 Å². The van der Waals surface area contributed by atoms with Crippen LogP contribution in [0.2, 0.25) is 0 Å². The first-order chi connectivity index (χ1) is 17.4. The molecule has 0 aromatic carbocycles. The number of rotatable bonds is 5. The van der Waals surface area contributed by atoms with Gasteiger partial charge in [0, 0.05) is 43.0 Å². The zero-order chi connectivity index (χ0) is 24.6. The monoisotopic (exact) mass is 491 g/mol. The molecule has 10 heteroatoms. The van der Waals surface area contributed by atoms with Crippen molar-refractivity contribution in [1.29, 1.82) is 0 Å². The van der Waals surface area contributed by atoms with E-state index >= 15 is 0 Å². The minimum atomic E-state index is -0.484. The molecular weight excluding hydrogens is 458 g/mol. The van der Waals surface area contributed by atoms with Crippen molar-refractivity contribution in [2.45, 2.75) is 56.2 Å². The van der Waals surface area contributed by atoms with E-state index in [0.29, 0.717) is 48.3 Å². The number of nitrogens with zero attached hydrogens (tertiary/aromatic N) is 5. The van der Waals surface area contributed by atoms with E-state index in [2.05, 4.69) is 30.3 Å². The maximum atomic E-state index is 13.1. The smallest absolute Gasteiger partial charge is 0.295 e. The Hall–Kier alpha value is -2.98. The lowest BCUT2D eigenvalue weighted by molar-refractivity contribution is -0.129. The van der Waals surface area contributed by atoms with E-state index in [4.69, 9.17) is 4.52 Å². The minimum Gasteiger partial charge on any atom is -0.390 e. The Kier molecular flexibility index (Phi) is 4.95. The number of aromatic nitrogens is 4. The number of amides is 1. The summed E-state index contributed by atoms with van der Waals surface area (Å²) in [4.78, 5) is 29.3. The average Bonchev–Trinajstić information content (AvgIpc) is 3.60. The molecule has 0 radical (unpaired) electrons. The number of likely N-dealkylation sites (N-methyl/N-ethyl adjacent to an activating group) is 1. The van der Waals surface area contributed by atoms with Gasteiger partial charge in [-0.1, -0.05) is 5.16 Å². The van der Waals surface area contributed by atoms with Gasteiger partial charge in [0.05, 0.1) is 16.9 Å². The van der Waals surface area contributed by atoms with Crippen LogP contribution < -0.4 is 5.32 Å². The molecule has 190 valence electrons. The van der Waals surface area contributed by atoms with Crippen LogP contribution in [-0.4, -0.2) is 85.8 Å². The summed E-state index contributed by atoms with van der Waals surface area (Å²) >= 11 is 0. The average molecular weight is 492 g/mol. The molecule has 4 saturated carbocycles. The Labute approximate surface area is 209 Å². The van der Waals surface area contributed by atoms with Crippen molar-refractivity contribution in [2.75, 3.05) is 32.5 Å². The second-order valence-electron chi connectivity index (χ2n) is 11.7. The molecule has 4 heterocycles. The highest BCUT2D eigenvalue weighted by atomic mass is 16.5. The van der Waals surface area contributed by atoms with Crippen LogP contribution >= 0.6 is 0 Å². The summed E-state index contributed by atoms with van der Waals surface area (Å²) in [7, 11) is 4.07. The fraction of sp³-hybridized carbons (Fsp3) is 0.615. The van der Waals surface area contributed by atoms with E-state index in [9.17, 15) is 9.90 Å². The molecule has 10 nitrogen and oxygen atoms in total. The third kappa shape index (κ3) is 3.53. The second-order valence-corrected chi connectivity index (χ2v) is 11.7. The van der Waals surface area contributed by atoms with Crippen molar-refractivity contribution in [1.82, 2.24) is 29.9 Å². The van der Waals surface area contributed by atoms with Crippen molar-refractivity contribution >= 4 is 22.6 Å². The lowest BCUT2D eigenvalue weighted by atomic mass is 9.52. The second kappa shape index (κ2) is 8.01. The highest BCUT2D eigenvalue weighted by Gasteiger charge is 2.54. The van der Waals surface area contributed by atoms with E-state index in [1.54, 1.807) is 11.1 Å². The Morgan fingerprint density at radius 1 is 1.28 bits per heavy atom. The van der Waals surface area contributed by atoms with Crippen LogP contribution in [0, 0.1) is 17.8 Å². The third-order valence-electron chi connectivity index (χ3n) is 9.17. The van der Waals surface area contributed by atoms with E-state index in [-0.39, 0.29) is 17.8 Å². The first kappa shape index (κ1) is 22.2. The number of aromatic amines is 1. The number of H-pyrrole nitrogens is 1. The summed E-state index contributed by atoms with van der Waals surface area (Å²) in [5, 5.41) is 19.9. The van der Waals surface area contributed by atoms with Crippen molar-refractivity contribution in [3.05, 3.63) is 24.3 Å². The molecule has 6 atom stereocenters. The Morgan fingerprint density at radius 3 is 2.81 bits per heavy atom. The summed E-state index contributed by atoms with van der Waals surface area (Å²) in [6, 6.07) is 2.62. The van der Waals surface area contributed by atoms with Crippen LogP contribution in [0.25, 0.3) is 22.5 Å². The Bertz CT molecular complexity index is 1300. The molecule has 4 aliphatic carbocycles. The normalized spacial score (nSPS) is 33.2. The molecule has 36 heavy (non-hydrogen) atoms. The zero-order valence-corrected chi connectivity index (χ0v) is 20.8. The Balaban J connectivity index is 1.19. The number of hydrogen-bond donors (Lipinski definition) is 3. The molecule has 3 aromatic rings. The van der Waals surface area contributed by atoms with Gasteiger partial charge in [0.2, 0.25) is 0 Å². The van der Waals surface area contributed by atoms with Gasteiger partial charge in [-0.2, -0.15) is 4.98 Å². The highest BCUT2D eigenvalue weighted by Crippen LogP contribution is 2.56. The first-order valence-corrected chi connectivity index (χ1v) is 13.1. The number of aliphatic hydroxyl groups is 1. The SMILES string of the molecule is CN(C)[C@H]1CCN(C(=O)c2noc(-c3cnc4[nH]ccc4c3N[C@H]3[C@@H]4CC5C[C@H]3C[C@@](O)(C5)C4)n2)C1. The maximum absolute atomic E-state index is 13.1. The molecule has 1 amide bonds. The third-order valence-corrected chi connectivity index (χ3v) is 9.17. The lowest BCUT2D eigenvalue weighted by Crippen LogP contribution is -2.59. The van der Waals surface area contributed by atoms with Gasteiger partial charge in [-0.25, -0.2) is 4.98 Å². The summed E-state index contributed by atoms with van der Waals surface area (Å²) in [5.74, 6) is 1.70. The minimum absolute atomic E-state index is 0.0846. The van der Waals surface area contributed by atoms with Crippen LogP contribution in [0.4, 0.5) is 5.69 Å². The molecule has 8 rings (SSSR count). The van der Waals surface area contributed by atoms with Gasteiger partial charge >= 0.3 is 0 Å². The van der Waals surface area contributed by atoms with Crippen molar-refractivity contribution in [2.24, 2.45) is 17.8 Å². The van der Waals surface area contributed by atoms with E-state index in [1.807, 2.05) is 26.4 Å². The molecule has 1 unspecified atom stereocenters. The number of likely N-dealkylation sites (tertiary alicyclic amines) is 1. The summed E-state index contributed by atoms with van der Waals surface area (Å²) in [6.07, 6.45) is 9.56. The zero-order valence-electron chi connectivity index (χ0n) is 20.8.